The summed E-state index contributed by atoms with van der Waals surface area (Å²) in [5, 5.41) is 0. The Morgan fingerprint density at radius 1 is 1.29 bits per heavy atom. The summed E-state index contributed by atoms with van der Waals surface area (Å²) in [5.41, 5.74) is 4.82. The normalized spacial score (nSPS) is 25.3. The van der Waals surface area contributed by atoms with Gasteiger partial charge in [0.2, 0.25) is 0 Å². The Balaban J connectivity index is 2.12. The molecule has 7 heavy (non-hydrogen) atoms. The van der Waals surface area contributed by atoms with Gasteiger partial charge in [-0.25, -0.2) is 0 Å². The molecule has 1 aliphatic rings. The quantitative estimate of drug-likeness (QED) is 0.438. The Morgan fingerprint density at radius 3 is 2.14 bits per heavy atom. The molecular formula is C4H9Si3. The fraction of sp³-hybridized carbons (Fsp3) is 1.00. The van der Waals surface area contributed by atoms with Crippen molar-refractivity contribution in [1.82, 2.24) is 0 Å². The van der Waals surface area contributed by atoms with Gasteiger partial charge < -0.3 is 0 Å². The second-order valence-corrected chi connectivity index (χ2v) is 9.14. The highest BCUT2D eigenvalue weighted by Gasteiger charge is 2.09. The first-order valence-corrected chi connectivity index (χ1v) is 7.86. The van der Waals surface area contributed by atoms with Gasteiger partial charge in [0.05, 0.1) is 0 Å². The topological polar surface area (TPSA) is 0 Å². The Bertz CT molecular complexity index is 48.9. The predicted molar refractivity (Wildman–Crippen MR) is 37.5 cm³/mol. The van der Waals surface area contributed by atoms with Gasteiger partial charge in [0.25, 0.3) is 0 Å². The van der Waals surface area contributed by atoms with Crippen LogP contribution in [0.1, 0.15) is 0 Å². The molecule has 1 heterocycles. The van der Waals surface area contributed by atoms with Crippen molar-refractivity contribution in [2.45, 2.75) is 23.5 Å². The molecule has 0 atom stereocenters. The van der Waals surface area contributed by atoms with E-state index in [1.165, 1.54) is 19.0 Å². The van der Waals surface area contributed by atoms with E-state index in [0.717, 1.165) is 0 Å². The maximum absolute atomic E-state index is 2.48. The van der Waals surface area contributed by atoms with Crippen molar-refractivity contribution in [3.05, 3.63) is 0 Å². The molecule has 0 aromatic carbocycles. The number of hydrogen-bond acceptors (Lipinski definition) is 0. The second-order valence-electron chi connectivity index (χ2n) is 1.99. The molecule has 1 aliphatic heterocycles. The van der Waals surface area contributed by atoms with Gasteiger partial charge in [0.1, 0.15) is 0 Å². The van der Waals surface area contributed by atoms with Crippen LogP contribution in [0.4, 0.5) is 0 Å². The maximum Gasteiger partial charge on any atom is 0.0380 e. The molecule has 0 aromatic heterocycles. The largest absolute Gasteiger partial charge is 0.0715 e. The van der Waals surface area contributed by atoms with Gasteiger partial charge in [-0.05, 0) is 0 Å². The average Bonchev–Trinajstić information content (AvgIpc) is 1.69. The lowest BCUT2D eigenvalue weighted by Crippen LogP contribution is -2.20. The van der Waals surface area contributed by atoms with Crippen molar-refractivity contribution in [3.63, 3.8) is 0 Å². The molecule has 3 heteroatoms. The first kappa shape index (κ1) is 5.78. The van der Waals surface area contributed by atoms with Crippen LogP contribution in [0, 0.1) is 0 Å². The molecule has 0 amide bonds. The minimum Gasteiger partial charge on any atom is -0.0715 e. The van der Waals surface area contributed by atoms with Crippen LogP contribution in [-0.4, -0.2) is 27.8 Å². The Kier molecular flexibility index (Phi) is 2.34. The summed E-state index contributed by atoms with van der Waals surface area (Å²) in [6.07, 6.45) is 0. The molecule has 1 fully saturated rings. The SMILES string of the molecule is C[Si]1C[Si]C[Si]C1. The van der Waals surface area contributed by atoms with Crippen molar-refractivity contribution in [2.24, 2.45) is 0 Å². The van der Waals surface area contributed by atoms with Crippen LogP contribution >= 0.6 is 0 Å². The molecule has 1 saturated heterocycles. The molecule has 37 valence electrons. The average molecular weight is 141 g/mol. The van der Waals surface area contributed by atoms with Gasteiger partial charge in [0.15, 0.2) is 0 Å². The highest BCUT2D eigenvalue weighted by molar-refractivity contribution is 6.83. The van der Waals surface area contributed by atoms with E-state index in [4.69, 9.17) is 0 Å². The van der Waals surface area contributed by atoms with Gasteiger partial charge >= 0.3 is 0 Å². The van der Waals surface area contributed by atoms with E-state index < -0.39 is 0 Å². The van der Waals surface area contributed by atoms with Crippen LogP contribution in [0.25, 0.3) is 0 Å². The van der Waals surface area contributed by atoms with Crippen LogP contribution in [-0.2, 0) is 0 Å². The lowest BCUT2D eigenvalue weighted by atomic mass is 11.7. The predicted octanol–water partition coefficient (Wildman–Crippen LogP) is 0.824. The van der Waals surface area contributed by atoms with Gasteiger partial charge in [-0.2, -0.15) is 0 Å². The molecule has 0 saturated carbocycles. The summed E-state index contributed by atoms with van der Waals surface area (Å²) in [5.74, 6) is 0. The van der Waals surface area contributed by atoms with Gasteiger partial charge in [-0.3, -0.25) is 0 Å². The van der Waals surface area contributed by atoms with E-state index in [1.54, 1.807) is 17.0 Å². The lowest BCUT2D eigenvalue weighted by Gasteiger charge is -2.12. The summed E-state index contributed by atoms with van der Waals surface area (Å²) >= 11 is 0. The zero-order valence-corrected chi connectivity index (χ0v) is 7.62. The van der Waals surface area contributed by atoms with Crippen molar-refractivity contribution in [3.8, 4) is 0 Å². The Morgan fingerprint density at radius 2 is 1.86 bits per heavy atom. The number of hydrogen-bond donors (Lipinski definition) is 0. The van der Waals surface area contributed by atoms with Crippen LogP contribution in [0.3, 0.4) is 0 Å². The summed E-state index contributed by atoms with van der Waals surface area (Å²) < 4.78 is 0. The summed E-state index contributed by atoms with van der Waals surface area (Å²) in [6.45, 7) is 2.48. The lowest BCUT2D eigenvalue weighted by molar-refractivity contribution is 1.63. The van der Waals surface area contributed by atoms with Crippen molar-refractivity contribution < 1.29 is 0 Å². The molecule has 0 spiro atoms. The van der Waals surface area contributed by atoms with E-state index in [1.807, 2.05) is 0 Å². The van der Waals surface area contributed by atoms with E-state index in [0.29, 0.717) is 0 Å². The van der Waals surface area contributed by atoms with Gasteiger partial charge in [-0.15, -0.1) is 0 Å². The molecule has 0 unspecified atom stereocenters. The molecule has 0 aromatic rings. The standard InChI is InChI=1S/C4H9Si3/c1-7-3-5-2-6-4-7/h2-4H2,1H3. The second kappa shape index (κ2) is 2.84. The number of rotatable bonds is 0. The van der Waals surface area contributed by atoms with Gasteiger partial charge in [-0.1, -0.05) is 23.5 Å². The first-order valence-electron chi connectivity index (χ1n) is 2.62. The third kappa shape index (κ3) is 1.92. The van der Waals surface area contributed by atoms with E-state index in [9.17, 15) is 0 Å². The minimum absolute atomic E-state index is 0.232. The molecule has 5 radical (unpaired) electrons. The van der Waals surface area contributed by atoms with E-state index >= 15 is 0 Å². The molecule has 0 aliphatic carbocycles. The van der Waals surface area contributed by atoms with E-state index in [2.05, 4.69) is 6.55 Å². The fourth-order valence-corrected chi connectivity index (χ4v) is 9.70. The highest BCUT2D eigenvalue weighted by atomic mass is 28.4. The van der Waals surface area contributed by atoms with Crippen molar-refractivity contribution in [1.29, 1.82) is 0 Å². The summed E-state index contributed by atoms with van der Waals surface area (Å²) in [6, 6.07) is 0. The third-order valence-corrected chi connectivity index (χ3v) is 9.93. The Labute approximate surface area is 52.0 Å². The smallest absolute Gasteiger partial charge is 0.0380 e. The van der Waals surface area contributed by atoms with Gasteiger partial charge in [0, 0.05) is 27.8 Å². The zero-order valence-electron chi connectivity index (χ0n) is 4.62. The third-order valence-electron chi connectivity index (χ3n) is 1.10. The zero-order chi connectivity index (χ0) is 5.11. The van der Waals surface area contributed by atoms with Crippen LogP contribution < -0.4 is 0 Å². The Hall–Kier alpha value is 0.651. The minimum atomic E-state index is 0.232. The van der Waals surface area contributed by atoms with Crippen LogP contribution in [0.5, 0.6) is 0 Å². The van der Waals surface area contributed by atoms with Crippen molar-refractivity contribution in [2.75, 3.05) is 0 Å². The molecular weight excluding hydrogens is 132 g/mol. The molecule has 0 N–H and O–H groups in total. The highest BCUT2D eigenvalue weighted by Crippen LogP contribution is 2.04. The molecule has 0 nitrogen and oxygen atoms in total. The van der Waals surface area contributed by atoms with Crippen LogP contribution in [0.15, 0.2) is 0 Å². The monoisotopic (exact) mass is 141 g/mol. The maximum atomic E-state index is 2.48. The van der Waals surface area contributed by atoms with E-state index in [-0.39, 0.29) is 8.80 Å². The molecule has 1 rings (SSSR count). The first-order chi connectivity index (χ1) is 3.39. The molecule has 0 bridgehead atoms. The summed E-state index contributed by atoms with van der Waals surface area (Å²) in [7, 11) is 2.91. The fourth-order valence-electron chi connectivity index (χ4n) is 0.703. The van der Waals surface area contributed by atoms with Crippen molar-refractivity contribution >= 4 is 27.8 Å². The van der Waals surface area contributed by atoms with Crippen LogP contribution in [0.2, 0.25) is 23.5 Å². The summed E-state index contributed by atoms with van der Waals surface area (Å²) in [4.78, 5) is 0.